The second-order valence-corrected chi connectivity index (χ2v) is 6.57. The molecule has 2 N–H and O–H groups in total. The Morgan fingerprint density at radius 3 is 2.38 bits per heavy atom. The SMILES string of the molecule is CC(C)Oc1ncc(C(=O)N[C@H](c2ccccc2)[C@H](C)C(=O)O)cc1Cl. The predicted octanol–water partition coefficient (Wildman–Crippen LogP) is 3.71. The predicted molar refractivity (Wildman–Crippen MR) is 98.5 cm³/mol. The molecule has 1 aromatic heterocycles. The highest BCUT2D eigenvalue weighted by Crippen LogP contribution is 2.25. The summed E-state index contributed by atoms with van der Waals surface area (Å²) in [5.74, 6) is -2.03. The maximum atomic E-state index is 12.6. The topological polar surface area (TPSA) is 88.5 Å². The van der Waals surface area contributed by atoms with Gasteiger partial charge in [-0.05, 0) is 32.4 Å². The first-order chi connectivity index (χ1) is 12.3. The smallest absolute Gasteiger partial charge is 0.308 e. The van der Waals surface area contributed by atoms with Crippen molar-refractivity contribution in [2.24, 2.45) is 5.92 Å². The molecular formula is C19H21ClN2O4. The van der Waals surface area contributed by atoms with Crippen LogP contribution in [0.2, 0.25) is 5.02 Å². The van der Waals surface area contributed by atoms with Gasteiger partial charge in [-0.25, -0.2) is 4.98 Å². The van der Waals surface area contributed by atoms with Crippen molar-refractivity contribution in [3.05, 3.63) is 58.7 Å². The summed E-state index contributed by atoms with van der Waals surface area (Å²) in [6.07, 6.45) is 1.26. The minimum absolute atomic E-state index is 0.0986. The Bertz CT molecular complexity index is 780. The van der Waals surface area contributed by atoms with Crippen LogP contribution in [0.3, 0.4) is 0 Å². The molecule has 0 saturated heterocycles. The Hall–Kier alpha value is -2.60. The number of ether oxygens (including phenoxy) is 1. The summed E-state index contributed by atoms with van der Waals surface area (Å²) in [4.78, 5) is 28.1. The fraction of sp³-hybridized carbons (Fsp3) is 0.316. The summed E-state index contributed by atoms with van der Waals surface area (Å²) >= 11 is 6.12. The summed E-state index contributed by atoms with van der Waals surface area (Å²) in [6.45, 7) is 5.23. The second kappa shape index (κ2) is 8.67. The molecule has 138 valence electrons. The normalized spacial score (nSPS) is 13.1. The van der Waals surface area contributed by atoms with Crippen LogP contribution in [0.15, 0.2) is 42.6 Å². The summed E-state index contributed by atoms with van der Waals surface area (Å²) in [7, 11) is 0. The number of hydrogen-bond donors (Lipinski definition) is 2. The van der Waals surface area contributed by atoms with Crippen LogP contribution in [0.25, 0.3) is 0 Å². The number of hydrogen-bond acceptors (Lipinski definition) is 4. The summed E-state index contributed by atoms with van der Waals surface area (Å²) in [5, 5.41) is 12.3. The molecule has 2 aromatic rings. The van der Waals surface area contributed by atoms with E-state index in [-0.39, 0.29) is 22.6 Å². The van der Waals surface area contributed by atoms with Crippen molar-refractivity contribution in [2.75, 3.05) is 0 Å². The number of nitrogens with one attached hydrogen (secondary N) is 1. The third-order valence-electron chi connectivity index (χ3n) is 3.75. The van der Waals surface area contributed by atoms with Gasteiger partial charge in [0, 0.05) is 6.20 Å². The first kappa shape index (κ1) is 19.7. The molecule has 0 aliphatic carbocycles. The number of carboxylic acids is 1. The van der Waals surface area contributed by atoms with Gasteiger partial charge in [-0.3, -0.25) is 9.59 Å². The zero-order chi connectivity index (χ0) is 19.3. The fourth-order valence-corrected chi connectivity index (χ4v) is 2.59. The van der Waals surface area contributed by atoms with Crippen LogP contribution in [0.1, 0.15) is 42.7 Å². The molecule has 1 heterocycles. The van der Waals surface area contributed by atoms with E-state index in [0.717, 1.165) is 0 Å². The zero-order valence-electron chi connectivity index (χ0n) is 14.8. The molecular weight excluding hydrogens is 356 g/mol. The van der Waals surface area contributed by atoms with Crippen LogP contribution in [0.4, 0.5) is 0 Å². The lowest BCUT2D eigenvalue weighted by molar-refractivity contribution is -0.142. The average molecular weight is 377 g/mol. The second-order valence-electron chi connectivity index (χ2n) is 6.17. The molecule has 1 amide bonds. The van der Waals surface area contributed by atoms with Gasteiger partial charge in [-0.2, -0.15) is 0 Å². The van der Waals surface area contributed by atoms with E-state index in [9.17, 15) is 14.7 Å². The average Bonchev–Trinajstić information content (AvgIpc) is 2.60. The monoisotopic (exact) mass is 376 g/mol. The molecule has 2 rings (SSSR count). The molecule has 26 heavy (non-hydrogen) atoms. The molecule has 1 aromatic carbocycles. The van der Waals surface area contributed by atoms with Crippen LogP contribution < -0.4 is 10.1 Å². The highest BCUT2D eigenvalue weighted by atomic mass is 35.5. The van der Waals surface area contributed by atoms with E-state index in [1.54, 1.807) is 31.2 Å². The highest BCUT2D eigenvalue weighted by molar-refractivity contribution is 6.32. The Balaban J connectivity index is 2.24. The number of nitrogens with zero attached hydrogens (tertiary/aromatic N) is 1. The number of carbonyl (C=O) groups is 2. The first-order valence-corrected chi connectivity index (χ1v) is 8.58. The van der Waals surface area contributed by atoms with Crippen molar-refractivity contribution < 1.29 is 19.4 Å². The van der Waals surface area contributed by atoms with Gasteiger partial charge in [-0.1, -0.05) is 41.9 Å². The molecule has 7 heteroatoms. The molecule has 2 atom stereocenters. The first-order valence-electron chi connectivity index (χ1n) is 8.20. The number of pyridine rings is 1. The number of carbonyl (C=O) groups excluding carboxylic acids is 1. The molecule has 0 aliphatic rings. The van der Waals surface area contributed by atoms with Crippen molar-refractivity contribution >= 4 is 23.5 Å². The number of aromatic nitrogens is 1. The van der Waals surface area contributed by atoms with Crippen molar-refractivity contribution in [2.45, 2.75) is 32.9 Å². The van der Waals surface area contributed by atoms with Crippen molar-refractivity contribution in [3.63, 3.8) is 0 Å². The molecule has 0 saturated carbocycles. The van der Waals surface area contributed by atoms with Gasteiger partial charge >= 0.3 is 5.97 Å². The summed E-state index contributed by atoms with van der Waals surface area (Å²) < 4.78 is 5.45. The third kappa shape index (κ3) is 4.95. The molecule has 0 unspecified atom stereocenters. The Labute approximate surface area is 157 Å². The summed E-state index contributed by atoms with van der Waals surface area (Å²) in [6, 6.07) is 9.72. The number of rotatable bonds is 7. The van der Waals surface area contributed by atoms with Crippen molar-refractivity contribution in [1.29, 1.82) is 0 Å². The molecule has 6 nitrogen and oxygen atoms in total. The molecule has 0 fully saturated rings. The largest absolute Gasteiger partial charge is 0.481 e. The number of carboxylic acid groups (broad SMARTS) is 1. The molecule has 0 aliphatic heterocycles. The van der Waals surface area contributed by atoms with Gasteiger partial charge in [0.1, 0.15) is 5.02 Å². The molecule has 0 bridgehead atoms. The van der Waals surface area contributed by atoms with E-state index in [1.807, 2.05) is 19.9 Å². The number of amides is 1. The van der Waals surface area contributed by atoms with E-state index in [0.29, 0.717) is 5.56 Å². The lowest BCUT2D eigenvalue weighted by atomic mass is 9.94. The lowest BCUT2D eigenvalue weighted by Crippen LogP contribution is -2.35. The van der Waals surface area contributed by atoms with Crippen molar-refractivity contribution in [3.8, 4) is 5.88 Å². The van der Waals surface area contributed by atoms with Crippen LogP contribution in [-0.2, 0) is 4.79 Å². The molecule has 0 spiro atoms. The van der Waals surface area contributed by atoms with E-state index in [2.05, 4.69) is 10.3 Å². The zero-order valence-corrected chi connectivity index (χ0v) is 15.5. The van der Waals surface area contributed by atoms with Crippen LogP contribution in [-0.4, -0.2) is 28.1 Å². The maximum Gasteiger partial charge on any atom is 0.308 e. The van der Waals surface area contributed by atoms with Gasteiger partial charge in [0.15, 0.2) is 0 Å². The van der Waals surface area contributed by atoms with Gasteiger partial charge in [0.25, 0.3) is 5.91 Å². The third-order valence-corrected chi connectivity index (χ3v) is 4.02. The Morgan fingerprint density at radius 2 is 1.85 bits per heavy atom. The van der Waals surface area contributed by atoms with Crippen LogP contribution in [0, 0.1) is 5.92 Å². The van der Waals surface area contributed by atoms with E-state index in [4.69, 9.17) is 16.3 Å². The van der Waals surface area contributed by atoms with Crippen molar-refractivity contribution in [1.82, 2.24) is 10.3 Å². The number of benzene rings is 1. The van der Waals surface area contributed by atoms with E-state index >= 15 is 0 Å². The van der Waals surface area contributed by atoms with Gasteiger partial charge in [-0.15, -0.1) is 0 Å². The Morgan fingerprint density at radius 1 is 1.19 bits per heavy atom. The quantitative estimate of drug-likeness (QED) is 0.768. The van der Waals surface area contributed by atoms with Crippen LogP contribution in [0.5, 0.6) is 5.88 Å². The Kier molecular flexibility index (Phi) is 6.58. The van der Waals surface area contributed by atoms with Gasteiger partial charge in [0.05, 0.1) is 23.6 Å². The highest BCUT2D eigenvalue weighted by Gasteiger charge is 2.27. The minimum atomic E-state index is -1.00. The minimum Gasteiger partial charge on any atom is -0.481 e. The standard InChI is InChI=1S/C19H21ClN2O4/c1-11(2)26-18-15(20)9-14(10-21-18)17(23)22-16(12(3)19(24)25)13-7-5-4-6-8-13/h4-12,16H,1-3H3,(H,22,23)(H,24,25)/t12-,16-/m0/s1. The molecule has 0 radical (unpaired) electrons. The number of aliphatic carboxylic acids is 1. The van der Waals surface area contributed by atoms with Crippen LogP contribution >= 0.6 is 11.6 Å². The van der Waals surface area contributed by atoms with E-state index < -0.39 is 23.8 Å². The number of halogens is 1. The van der Waals surface area contributed by atoms with Gasteiger partial charge in [0.2, 0.25) is 5.88 Å². The fourth-order valence-electron chi connectivity index (χ4n) is 2.38. The maximum absolute atomic E-state index is 12.6. The van der Waals surface area contributed by atoms with Gasteiger partial charge < -0.3 is 15.2 Å². The summed E-state index contributed by atoms with van der Waals surface area (Å²) in [5.41, 5.74) is 0.930. The van der Waals surface area contributed by atoms with E-state index in [1.165, 1.54) is 12.3 Å². The lowest BCUT2D eigenvalue weighted by Gasteiger charge is -2.23.